The minimum atomic E-state index is -5.73. The lowest BCUT2D eigenvalue weighted by Crippen LogP contribution is -2.23. The average Bonchev–Trinajstić information content (AvgIpc) is 2.94. The maximum absolute atomic E-state index is 14.4. The molecule has 5 nitrogen and oxygen atoms in total. The van der Waals surface area contributed by atoms with E-state index in [-0.39, 0.29) is 16.1 Å². The molecule has 0 radical (unpaired) electrons. The summed E-state index contributed by atoms with van der Waals surface area (Å²) in [7, 11) is -3.89. The van der Waals surface area contributed by atoms with Crippen LogP contribution in [0.2, 0.25) is 0 Å². The number of hydrogen-bond acceptors (Lipinski definition) is 4. The van der Waals surface area contributed by atoms with E-state index in [0.717, 1.165) is 11.8 Å². The molecule has 214 valence electrons. The molecule has 41 heavy (non-hydrogen) atoms. The second-order valence-electron chi connectivity index (χ2n) is 8.34. The zero-order valence-corrected chi connectivity index (χ0v) is 22.0. The fourth-order valence-corrected chi connectivity index (χ4v) is 5.74. The van der Waals surface area contributed by atoms with Crippen molar-refractivity contribution in [3.05, 3.63) is 119 Å². The second-order valence-corrected chi connectivity index (χ2v) is 11.2. The minimum absolute atomic E-state index is 0.0230. The number of benzene rings is 4. The molecule has 0 heterocycles. The van der Waals surface area contributed by atoms with E-state index in [9.17, 15) is 43.9 Å². The minimum Gasteiger partial charge on any atom is -0.320 e. The number of thioether (sulfide) groups is 1. The molecule has 1 amide bonds. The van der Waals surface area contributed by atoms with Gasteiger partial charge < -0.3 is 5.32 Å². The largest absolute Gasteiger partial charge is 0.422 e. The van der Waals surface area contributed by atoms with E-state index < -0.39 is 61.9 Å². The topological polar surface area (TPSA) is 75.3 Å². The summed E-state index contributed by atoms with van der Waals surface area (Å²) in [6.07, 6.45) is -5.73. The molecule has 0 bridgehead atoms. The second kappa shape index (κ2) is 11.8. The van der Waals surface area contributed by atoms with Crippen molar-refractivity contribution in [3.8, 4) is 0 Å². The summed E-state index contributed by atoms with van der Waals surface area (Å²) in [5, 5.41) is 0.360. The fraction of sp³-hybridized carbons (Fsp3) is 0.0741. The predicted molar refractivity (Wildman–Crippen MR) is 139 cm³/mol. The third-order valence-corrected chi connectivity index (χ3v) is 8.21. The number of alkyl halides is 3. The van der Waals surface area contributed by atoms with Crippen molar-refractivity contribution in [3.63, 3.8) is 0 Å². The number of anilines is 2. The molecule has 0 saturated carbocycles. The number of sulfonamides is 1. The normalized spacial score (nSPS) is 12.6. The highest BCUT2D eigenvalue weighted by Crippen LogP contribution is 2.40. The van der Waals surface area contributed by atoms with Crippen LogP contribution in [0.25, 0.3) is 0 Å². The summed E-state index contributed by atoms with van der Waals surface area (Å²) in [5.41, 5.74) is -4.02. The smallest absolute Gasteiger partial charge is 0.320 e. The number of amides is 1. The molecule has 0 saturated heterocycles. The molecule has 0 aliphatic rings. The van der Waals surface area contributed by atoms with E-state index in [2.05, 4.69) is 4.72 Å². The van der Waals surface area contributed by atoms with E-state index in [1.165, 1.54) is 60.7 Å². The monoisotopic (exact) mass is 614 g/mol. The van der Waals surface area contributed by atoms with Crippen molar-refractivity contribution in [1.29, 1.82) is 0 Å². The Labute approximate surface area is 233 Å². The van der Waals surface area contributed by atoms with E-state index in [1.54, 1.807) is 29.6 Å². The van der Waals surface area contributed by atoms with Gasteiger partial charge in [0.15, 0.2) is 23.3 Å². The van der Waals surface area contributed by atoms with Crippen molar-refractivity contribution >= 4 is 39.1 Å². The van der Waals surface area contributed by atoms with Gasteiger partial charge in [0.1, 0.15) is 16.5 Å². The molecular formula is C27H17F7N2O3S2. The van der Waals surface area contributed by atoms with Crippen LogP contribution in [-0.4, -0.2) is 14.3 Å². The van der Waals surface area contributed by atoms with Crippen molar-refractivity contribution < 1.29 is 43.9 Å². The number of halogens is 7. The van der Waals surface area contributed by atoms with Crippen molar-refractivity contribution in [1.82, 2.24) is 0 Å². The summed E-state index contributed by atoms with van der Waals surface area (Å²) in [4.78, 5) is 13.5. The Morgan fingerprint density at radius 1 is 0.732 bits per heavy atom. The molecule has 4 rings (SSSR count). The van der Waals surface area contributed by atoms with Gasteiger partial charge in [0.2, 0.25) is 5.91 Å². The summed E-state index contributed by atoms with van der Waals surface area (Å²) in [6, 6.07) is 20.8. The summed E-state index contributed by atoms with van der Waals surface area (Å²) < 4.78 is 123. The quantitative estimate of drug-likeness (QED) is 0.122. The van der Waals surface area contributed by atoms with Gasteiger partial charge in [0.05, 0.1) is 4.90 Å². The van der Waals surface area contributed by atoms with Crippen LogP contribution in [0.4, 0.5) is 42.1 Å². The van der Waals surface area contributed by atoms with Gasteiger partial charge in [0, 0.05) is 10.6 Å². The van der Waals surface area contributed by atoms with Crippen molar-refractivity contribution in [2.75, 3.05) is 10.0 Å². The van der Waals surface area contributed by atoms with Crippen LogP contribution in [0, 0.1) is 23.3 Å². The van der Waals surface area contributed by atoms with Gasteiger partial charge in [-0.2, -0.15) is 13.2 Å². The van der Waals surface area contributed by atoms with Crippen LogP contribution < -0.4 is 10.0 Å². The van der Waals surface area contributed by atoms with Gasteiger partial charge in [-0.3, -0.25) is 9.52 Å². The number of nitrogens with one attached hydrogen (secondary N) is 2. The van der Waals surface area contributed by atoms with Crippen LogP contribution in [0.5, 0.6) is 0 Å². The van der Waals surface area contributed by atoms with Crippen LogP contribution in [0.3, 0.4) is 0 Å². The van der Waals surface area contributed by atoms with Gasteiger partial charge in [-0.15, -0.1) is 11.8 Å². The molecule has 14 heteroatoms. The van der Waals surface area contributed by atoms with Crippen molar-refractivity contribution in [2.24, 2.45) is 0 Å². The first-order chi connectivity index (χ1) is 19.3. The van der Waals surface area contributed by atoms with Crippen LogP contribution >= 0.6 is 11.8 Å². The highest BCUT2D eigenvalue weighted by molar-refractivity contribution is 8.00. The highest BCUT2D eigenvalue weighted by Gasteiger charge is 2.42. The Morgan fingerprint density at radius 3 is 1.76 bits per heavy atom. The lowest BCUT2D eigenvalue weighted by atomic mass is 10.1. The summed E-state index contributed by atoms with van der Waals surface area (Å²) in [5.74, 6) is -11.5. The number of carbonyl (C=O) groups excluding carboxylic acids is 1. The van der Waals surface area contributed by atoms with Gasteiger partial charge >= 0.3 is 6.18 Å². The Morgan fingerprint density at radius 2 is 1.24 bits per heavy atom. The molecule has 0 spiro atoms. The molecule has 4 aromatic rings. The maximum Gasteiger partial charge on any atom is 0.422 e. The highest BCUT2D eigenvalue weighted by atomic mass is 32.2. The molecule has 0 aliphatic heterocycles. The van der Waals surface area contributed by atoms with E-state index in [4.69, 9.17) is 0 Å². The Bertz CT molecular complexity index is 1640. The van der Waals surface area contributed by atoms with E-state index >= 15 is 0 Å². The number of hydrogen-bond donors (Lipinski definition) is 2. The number of rotatable bonds is 8. The Hall–Kier alpha value is -4.04. The van der Waals surface area contributed by atoms with Crippen LogP contribution in [-0.2, 0) is 21.0 Å². The third kappa shape index (κ3) is 6.65. The lowest BCUT2D eigenvalue weighted by molar-refractivity contribution is -0.143. The van der Waals surface area contributed by atoms with Crippen LogP contribution in [0.1, 0.15) is 16.4 Å². The predicted octanol–water partition coefficient (Wildman–Crippen LogP) is 7.53. The first-order valence-electron chi connectivity index (χ1n) is 11.4. The fourth-order valence-electron chi connectivity index (χ4n) is 3.63. The molecule has 1 atom stereocenters. The molecule has 1 unspecified atom stereocenters. The van der Waals surface area contributed by atoms with E-state index in [1.807, 2.05) is 0 Å². The number of carbonyl (C=O) groups is 1. The van der Waals surface area contributed by atoms with Gasteiger partial charge in [-0.25, -0.2) is 26.0 Å². The zero-order valence-electron chi connectivity index (χ0n) is 20.3. The molecule has 0 aromatic heterocycles. The van der Waals surface area contributed by atoms with Crippen molar-refractivity contribution in [2.45, 2.75) is 21.2 Å². The Kier molecular flexibility index (Phi) is 8.63. The van der Waals surface area contributed by atoms with Gasteiger partial charge in [-0.1, -0.05) is 48.5 Å². The third-order valence-electron chi connectivity index (χ3n) is 5.55. The molecule has 2 N–H and O–H groups in total. The molecule has 4 aromatic carbocycles. The maximum atomic E-state index is 14.4. The van der Waals surface area contributed by atoms with Gasteiger partial charge in [-0.05, 0) is 42.0 Å². The van der Waals surface area contributed by atoms with E-state index in [0.29, 0.717) is 4.90 Å². The Balaban J connectivity index is 1.61. The first-order valence-corrected chi connectivity index (χ1v) is 13.8. The zero-order chi connectivity index (χ0) is 29.9. The first kappa shape index (κ1) is 29.9. The SMILES string of the molecule is O=C(Nc1c(F)c(F)c(C(F)(F)F)c(F)c1F)C(Sc1ccc(NS(=O)(=O)c2ccccc2)cc1)c1ccccc1. The average molecular weight is 615 g/mol. The molecular weight excluding hydrogens is 597 g/mol. The summed E-state index contributed by atoms with van der Waals surface area (Å²) in [6.45, 7) is 0. The van der Waals surface area contributed by atoms with Gasteiger partial charge in [0.25, 0.3) is 10.0 Å². The summed E-state index contributed by atoms with van der Waals surface area (Å²) >= 11 is 0.818. The lowest BCUT2D eigenvalue weighted by Gasteiger charge is -2.19. The van der Waals surface area contributed by atoms with Crippen LogP contribution in [0.15, 0.2) is 94.7 Å². The standard InChI is InChI=1S/C27H17F7N2O3S2/c28-20-19(27(32,33)34)21(29)23(31)24(22(20)30)35-26(37)25(15-7-3-1-4-8-15)40-17-13-11-16(12-14-17)36-41(38,39)18-9-5-2-6-10-18/h1-14,25,36H,(H,35,37). The molecule has 0 fully saturated rings. The molecule has 0 aliphatic carbocycles.